The number of primary amides is 1. The Balaban J connectivity index is 2.62. The summed E-state index contributed by atoms with van der Waals surface area (Å²) in [4.78, 5) is 25.5. The van der Waals surface area contributed by atoms with Gasteiger partial charge in [0.05, 0.1) is 0 Å². The highest BCUT2D eigenvalue weighted by atomic mass is 32.2. The molecule has 0 radical (unpaired) electrons. The molecule has 3 N–H and O–H groups in total. The van der Waals surface area contributed by atoms with Crippen LogP contribution in [-0.2, 0) is 4.79 Å². The Morgan fingerprint density at radius 3 is 2.33 bits per heavy atom. The lowest BCUT2D eigenvalue weighted by Crippen LogP contribution is -2.53. The Morgan fingerprint density at radius 1 is 1.33 bits per heavy atom. The fourth-order valence-corrected chi connectivity index (χ4v) is 3.17. The van der Waals surface area contributed by atoms with Crippen LogP contribution in [0.4, 0.5) is 4.79 Å². The SMILES string of the molecule is CSCC[C@H](NC(N)=O)C(=O)N1CCC(C)(C(C)C)CC1. The van der Waals surface area contributed by atoms with E-state index in [1.54, 1.807) is 11.8 Å². The number of urea groups is 1. The lowest BCUT2D eigenvalue weighted by atomic mass is 9.72. The van der Waals surface area contributed by atoms with E-state index in [0.29, 0.717) is 17.8 Å². The highest BCUT2D eigenvalue weighted by Gasteiger charge is 2.36. The highest BCUT2D eigenvalue weighted by molar-refractivity contribution is 7.98. The molecular formula is C15H29N3O2S. The molecule has 1 atom stereocenters. The summed E-state index contributed by atoms with van der Waals surface area (Å²) in [7, 11) is 0. The van der Waals surface area contributed by atoms with Crippen LogP contribution in [0, 0.1) is 11.3 Å². The zero-order chi connectivity index (χ0) is 16.0. The summed E-state index contributed by atoms with van der Waals surface area (Å²) in [5.74, 6) is 1.45. The van der Waals surface area contributed by atoms with Crippen molar-refractivity contribution in [1.29, 1.82) is 0 Å². The minimum absolute atomic E-state index is 0.00801. The Labute approximate surface area is 132 Å². The Kier molecular flexibility index (Phi) is 6.84. The molecule has 1 aliphatic rings. The van der Waals surface area contributed by atoms with Crippen LogP contribution in [-0.4, -0.2) is 48.0 Å². The number of carbonyl (C=O) groups excluding carboxylic acids is 2. The molecule has 1 fully saturated rings. The molecule has 0 saturated carbocycles. The summed E-state index contributed by atoms with van der Waals surface area (Å²) in [5.41, 5.74) is 5.50. The first-order valence-electron chi connectivity index (χ1n) is 7.64. The average molecular weight is 315 g/mol. The molecule has 0 aliphatic carbocycles. The summed E-state index contributed by atoms with van der Waals surface area (Å²) in [5, 5.41) is 2.59. The van der Waals surface area contributed by atoms with Gasteiger partial charge in [0.1, 0.15) is 6.04 Å². The Bertz CT molecular complexity index is 366. The number of rotatable bonds is 6. The van der Waals surface area contributed by atoms with E-state index >= 15 is 0 Å². The number of hydrogen-bond donors (Lipinski definition) is 2. The van der Waals surface area contributed by atoms with Crippen molar-refractivity contribution in [2.45, 2.75) is 46.1 Å². The number of nitrogens with one attached hydrogen (secondary N) is 1. The Morgan fingerprint density at radius 2 is 1.90 bits per heavy atom. The number of nitrogens with two attached hydrogens (primary N) is 1. The van der Waals surface area contributed by atoms with Gasteiger partial charge >= 0.3 is 6.03 Å². The quantitative estimate of drug-likeness (QED) is 0.788. The van der Waals surface area contributed by atoms with Crippen LogP contribution in [0.15, 0.2) is 0 Å². The first-order valence-corrected chi connectivity index (χ1v) is 9.03. The van der Waals surface area contributed by atoms with Gasteiger partial charge in [-0.25, -0.2) is 4.79 Å². The second kappa shape index (κ2) is 7.92. The van der Waals surface area contributed by atoms with Crippen LogP contribution in [0.2, 0.25) is 0 Å². The van der Waals surface area contributed by atoms with E-state index in [-0.39, 0.29) is 5.91 Å². The molecule has 1 heterocycles. The number of hydrogen-bond acceptors (Lipinski definition) is 3. The predicted octanol–water partition coefficient (Wildman–Crippen LogP) is 2.06. The molecule has 0 aromatic carbocycles. The predicted molar refractivity (Wildman–Crippen MR) is 88.3 cm³/mol. The summed E-state index contributed by atoms with van der Waals surface area (Å²) in [6.45, 7) is 8.32. The van der Waals surface area contributed by atoms with Crippen LogP contribution in [0.1, 0.15) is 40.0 Å². The Hall–Kier alpha value is -0.910. The first-order chi connectivity index (χ1) is 9.80. The van der Waals surface area contributed by atoms with Gasteiger partial charge in [-0.3, -0.25) is 4.79 Å². The van der Waals surface area contributed by atoms with E-state index in [2.05, 4.69) is 26.1 Å². The maximum absolute atomic E-state index is 12.6. The molecule has 0 spiro atoms. The molecule has 3 amide bonds. The van der Waals surface area contributed by atoms with Gasteiger partial charge in [0, 0.05) is 13.1 Å². The molecule has 6 heteroatoms. The van der Waals surface area contributed by atoms with Crippen molar-refractivity contribution in [1.82, 2.24) is 10.2 Å². The largest absolute Gasteiger partial charge is 0.352 e. The van der Waals surface area contributed by atoms with Crippen molar-refractivity contribution >= 4 is 23.7 Å². The van der Waals surface area contributed by atoms with E-state index in [0.717, 1.165) is 31.7 Å². The monoisotopic (exact) mass is 315 g/mol. The smallest absolute Gasteiger partial charge is 0.312 e. The fourth-order valence-electron chi connectivity index (χ4n) is 2.70. The van der Waals surface area contributed by atoms with E-state index in [1.165, 1.54) is 0 Å². The zero-order valence-corrected chi connectivity index (χ0v) is 14.5. The van der Waals surface area contributed by atoms with Crippen molar-refractivity contribution in [2.75, 3.05) is 25.1 Å². The number of nitrogens with zero attached hydrogens (tertiary/aromatic N) is 1. The molecule has 122 valence electrons. The van der Waals surface area contributed by atoms with Gasteiger partial charge < -0.3 is 16.0 Å². The second-order valence-electron chi connectivity index (χ2n) is 6.48. The molecule has 0 bridgehead atoms. The molecule has 5 nitrogen and oxygen atoms in total. The third-order valence-corrected chi connectivity index (χ3v) is 5.48. The molecule has 1 saturated heterocycles. The summed E-state index contributed by atoms with van der Waals surface area (Å²) >= 11 is 1.66. The standard InChI is InChI=1S/C15H29N3O2S/c1-11(2)15(3)6-8-18(9-7-15)13(19)12(5-10-21-4)17-14(16)20/h11-12H,5-10H2,1-4H3,(H3,16,17,20)/t12-/m0/s1. The van der Waals surface area contributed by atoms with E-state index < -0.39 is 12.1 Å². The molecule has 0 unspecified atom stereocenters. The van der Waals surface area contributed by atoms with Crippen LogP contribution in [0.3, 0.4) is 0 Å². The van der Waals surface area contributed by atoms with E-state index in [4.69, 9.17) is 5.73 Å². The summed E-state index contributed by atoms with van der Waals surface area (Å²) in [6.07, 6.45) is 4.64. The van der Waals surface area contributed by atoms with Gasteiger partial charge in [0.15, 0.2) is 0 Å². The minimum atomic E-state index is -0.626. The van der Waals surface area contributed by atoms with Crippen molar-refractivity contribution in [3.05, 3.63) is 0 Å². The summed E-state index contributed by atoms with van der Waals surface area (Å²) in [6, 6.07) is -1.11. The van der Waals surface area contributed by atoms with Gasteiger partial charge in [0.2, 0.25) is 5.91 Å². The van der Waals surface area contributed by atoms with Gasteiger partial charge in [-0.2, -0.15) is 11.8 Å². The lowest BCUT2D eigenvalue weighted by molar-refractivity contribution is -0.135. The fraction of sp³-hybridized carbons (Fsp3) is 0.867. The van der Waals surface area contributed by atoms with Crippen molar-refractivity contribution in [2.24, 2.45) is 17.1 Å². The number of piperidine rings is 1. The van der Waals surface area contributed by atoms with Crippen LogP contribution >= 0.6 is 11.8 Å². The first kappa shape index (κ1) is 18.1. The number of likely N-dealkylation sites (tertiary alicyclic amines) is 1. The third kappa shape index (κ3) is 5.09. The lowest BCUT2D eigenvalue weighted by Gasteiger charge is -2.43. The third-order valence-electron chi connectivity index (χ3n) is 4.84. The van der Waals surface area contributed by atoms with E-state index in [1.807, 2.05) is 11.2 Å². The van der Waals surface area contributed by atoms with Crippen LogP contribution in [0.25, 0.3) is 0 Å². The van der Waals surface area contributed by atoms with E-state index in [9.17, 15) is 9.59 Å². The van der Waals surface area contributed by atoms with Crippen molar-refractivity contribution in [3.8, 4) is 0 Å². The number of thioether (sulfide) groups is 1. The molecule has 0 aromatic rings. The number of amides is 3. The van der Waals surface area contributed by atoms with Gasteiger partial charge in [-0.05, 0) is 42.6 Å². The average Bonchev–Trinajstić information content (AvgIpc) is 2.43. The van der Waals surface area contributed by atoms with Gasteiger partial charge in [-0.1, -0.05) is 20.8 Å². The molecule has 21 heavy (non-hydrogen) atoms. The molecular weight excluding hydrogens is 286 g/mol. The minimum Gasteiger partial charge on any atom is -0.352 e. The maximum Gasteiger partial charge on any atom is 0.312 e. The summed E-state index contributed by atoms with van der Waals surface area (Å²) < 4.78 is 0. The maximum atomic E-state index is 12.6. The topological polar surface area (TPSA) is 75.4 Å². The van der Waals surface area contributed by atoms with Gasteiger partial charge in [0.25, 0.3) is 0 Å². The number of carbonyl (C=O) groups is 2. The molecule has 1 rings (SSSR count). The van der Waals surface area contributed by atoms with Crippen LogP contribution < -0.4 is 11.1 Å². The van der Waals surface area contributed by atoms with Crippen LogP contribution in [0.5, 0.6) is 0 Å². The molecule has 0 aromatic heterocycles. The molecule has 1 aliphatic heterocycles. The normalized spacial score (nSPS) is 19.4. The van der Waals surface area contributed by atoms with Crippen molar-refractivity contribution < 1.29 is 9.59 Å². The van der Waals surface area contributed by atoms with Crippen molar-refractivity contribution in [3.63, 3.8) is 0 Å². The van der Waals surface area contributed by atoms with Gasteiger partial charge in [-0.15, -0.1) is 0 Å². The zero-order valence-electron chi connectivity index (χ0n) is 13.6. The highest BCUT2D eigenvalue weighted by Crippen LogP contribution is 2.38. The second-order valence-corrected chi connectivity index (χ2v) is 7.46.